The van der Waals surface area contributed by atoms with Crippen LogP contribution in [0, 0.1) is 5.82 Å². The second-order valence-corrected chi connectivity index (χ2v) is 5.29. The molecule has 0 bridgehead atoms. The molecule has 0 aliphatic carbocycles. The first-order chi connectivity index (χ1) is 12.2. The van der Waals surface area contributed by atoms with E-state index in [0.717, 1.165) is 17.0 Å². The maximum atomic E-state index is 13.4. The van der Waals surface area contributed by atoms with Crippen LogP contribution in [-0.2, 0) is 9.47 Å². The molecule has 0 aliphatic rings. The molecule has 0 atom stereocenters. The van der Waals surface area contributed by atoms with Crippen molar-refractivity contribution in [2.75, 3.05) is 13.2 Å². The van der Waals surface area contributed by atoms with Gasteiger partial charge in [0.05, 0.1) is 17.7 Å². The molecule has 0 N–H and O–H groups in total. The number of nitrogens with zero attached hydrogens (tertiary/aromatic N) is 3. The van der Waals surface area contributed by atoms with E-state index in [4.69, 9.17) is 9.47 Å². The van der Waals surface area contributed by atoms with Gasteiger partial charge in [0.25, 0.3) is 0 Å². The second kappa shape index (κ2) is 8.00. The van der Waals surface area contributed by atoms with Crippen molar-refractivity contribution in [2.24, 2.45) is 0 Å². The Morgan fingerprint density at radius 2 is 1.72 bits per heavy atom. The minimum Gasteiger partial charge on any atom is -0.335 e. The van der Waals surface area contributed by atoms with Crippen molar-refractivity contribution in [1.82, 2.24) is 14.5 Å². The summed E-state index contributed by atoms with van der Waals surface area (Å²) < 4.78 is 26.6. The maximum Gasteiger partial charge on any atom is 0.245 e. The molecule has 2 aromatic heterocycles. The lowest BCUT2D eigenvalue weighted by Crippen LogP contribution is -2.17. The molecule has 1 aromatic carbocycles. The SMILES string of the molecule is CCOC(OCC)n1cnc(-c2ccccn2)c1-c1ccc(F)cc1. The average molecular weight is 341 g/mol. The molecular formula is C19H20FN3O2. The van der Waals surface area contributed by atoms with Gasteiger partial charge in [0.1, 0.15) is 11.5 Å². The van der Waals surface area contributed by atoms with Crippen LogP contribution in [0.2, 0.25) is 0 Å². The summed E-state index contributed by atoms with van der Waals surface area (Å²) in [6.07, 6.45) is 2.77. The Morgan fingerprint density at radius 3 is 2.32 bits per heavy atom. The van der Waals surface area contributed by atoms with Crippen molar-refractivity contribution in [3.05, 3.63) is 60.8 Å². The summed E-state index contributed by atoms with van der Waals surface area (Å²) in [6.45, 7) is 4.79. The largest absolute Gasteiger partial charge is 0.335 e. The highest BCUT2D eigenvalue weighted by atomic mass is 19.1. The van der Waals surface area contributed by atoms with Crippen LogP contribution in [0.4, 0.5) is 4.39 Å². The van der Waals surface area contributed by atoms with Gasteiger partial charge in [-0.2, -0.15) is 0 Å². The Balaban J connectivity index is 2.15. The molecule has 3 aromatic rings. The van der Waals surface area contributed by atoms with Crippen molar-refractivity contribution < 1.29 is 13.9 Å². The number of hydrogen-bond donors (Lipinski definition) is 0. The molecule has 0 aliphatic heterocycles. The third-order valence-electron chi connectivity index (χ3n) is 3.66. The Morgan fingerprint density at radius 1 is 1.00 bits per heavy atom. The zero-order valence-corrected chi connectivity index (χ0v) is 14.2. The summed E-state index contributed by atoms with van der Waals surface area (Å²) in [5.41, 5.74) is 3.00. The molecule has 0 amide bonds. The molecular weight excluding hydrogens is 321 g/mol. The van der Waals surface area contributed by atoms with Gasteiger partial charge in [-0.1, -0.05) is 6.07 Å². The molecule has 0 spiro atoms. The predicted octanol–water partition coefficient (Wildman–Crippen LogP) is 4.28. The van der Waals surface area contributed by atoms with E-state index in [9.17, 15) is 4.39 Å². The summed E-state index contributed by atoms with van der Waals surface area (Å²) in [7, 11) is 0. The monoisotopic (exact) mass is 341 g/mol. The first-order valence-electron chi connectivity index (χ1n) is 8.22. The predicted molar refractivity (Wildman–Crippen MR) is 93.1 cm³/mol. The van der Waals surface area contributed by atoms with Gasteiger partial charge in [-0.15, -0.1) is 0 Å². The third kappa shape index (κ3) is 3.75. The number of ether oxygens (including phenoxy) is 2. The normalized spacial score (nSPS) is 11.2. The van der Waals surface area contributed by atoms with Gasteiger partial charge < -0.3 is 9.47 Å². The Labute approximate surface area is 146 Å². The molecule has 0 radical (unpaired) electrons. The van der Waals surface area contributed by atoms with Crippen LogP contribution in [0.3, 0.4) is 0 Å². The molecule has 5 nitrogen and oxygen atoms in total. The van der Waals surface area contributed by atoms with Crippen LogP contribution < -0.4 is 0 Å². The van der Waals surface area contributed by atoms with Crippen molar-refractivity contribution in [3.8, 4) is 22.6 Å². The Kier molecular flexibility index (Phi) is 5.53. The van der Waals surface area contributed by atoms with Gasteiger partial charge in [-0.25, -0.2) is 9.37 Å². The van der Waals surface area contributed by atoms with E-state index in [0.29, 0.717) is 18.9 Å². The molecule has 0 unspecified atom stereocenters. The standard InChI is InChI=1S/C19H20FN3O2/c1-3-24-19(25-4-2)23-13-22-17(16-7-5-6-12-21-16)18(23)14-8-10-15(20)11-9-14/h5-13,19H,3-4H2,1-2H3. The van der Waals surface area contributed by atoms with E-state index in [1.807, 2.05) is 36.6 Å². The molecule has 0 fully saturated rings. The summed E-state index contributed by atoms with van der Waals surface area (Å²) >= 11 is 0. The van der Waals surface area contributed by atoms with E-state index >= 15 is 0 Å². The fraction of sp³-hybridized carbons (Fsp3) is 0.263. The number of aromatic nitrogens is 3. The lowest BCUT2D eigenvalue weighted by molar-refractivity contribution is -0.185. The molecule has 6 heteroatoms. The molecule has 25 heavy (non-hydrogen) atoms. The fourth-order valence-electron chi connectivity index (χ4n) is 2.60. The quantitative estimate of drug-likeness (QED) is 0.602. The highest BCUT2D eigenvalue weighted by Crippen LogP contribution is 2.33. The number of halogens is 1. The number of rotatable bonds is 7. The zero-order valence-electron chi connectivity index (χ0n) is 14.2. The lowest BCUT2D eigenvalue weighted by Gasteiger charge is -2.21. The van der Waals surface area contributed by atoms with Gasteiger partial charge in [-0.3, -0.25) is 9.55 Å². The Hall–Kier alpha value is -2.57. The Bertz CT molecular complexity index is 797. The van der Waals surface area contributed by atoms with Crippen LogP contribution in [-0.4, -0.2) is 27.7 Å². The van der Waals surface area contributed by atoms with E-state index < -0.39 is 6.41 Å². The highest BCUT2D eigenvalue weighted by Gasteiger charge is 2.21. The van der Waals surface area contributed by atoms with Gasteiger partial charge in [-0.05, 0) is 50.2 Å². The average Bonchev–Trinajstić information content (AvgIpc) is 3.08. The van der Waals surface area contributed by atoms with Crippen LogP contribution in [0.1, 0.15) is 20.3 Å². The molecule has 130 valence electrons. The van der Waals surface area contributed by atoms with Crippen LogP contribution in [0.25, 0.3) is 22.6 Å². The minimum atomic E-state index is -0.611. The van der Waals surface area contributed by atoms with E-state index in [-0.39, 0.29) is 5.82 Å². The zero-order chi connectivity index (χ0) is 17.6. The number of pyridine rings is 1. The van der Waals surface area contributed by atoms with Gasteiger partial charge in [0, 0.05) is 25.0 Å². The number of imidazole rings is 1. The van der Waals surface area contributed by atoms with Crippen molar-refractivity contribution >= 4 is 0 Å². The maximum absolute atomic E-state index is 13.4. The topological polar surface area (TPSA) is 49.2 Å². The smallest absolute Gasteiger partial charge is 0.245 e. The number of benzene rings is 1. The van der Waals surface area contributed by atoms with Crippen LogP contribution in [0.5, 0.6) is 0 Å². The highest BCUT2D eigenvalue weighted by molar-refractivity contribution is 5.76. The first kappa shape index (κ1) is 17.3. The van der Waals surface area contributed by atoms with Crippen LogP contribution >= 0.6 is 0 Å². The minimum absolute atomic E-state index is 0.291. The van der Waals surface area contributed by atoms with Gasteiger partial charge >= 0.3 is 0 Å². The van der Waals surface area contributed by atoms with Crippen molar-refractivity contribution in [1.29, 1.82) is 0 Å². The second-order valence-electron chi connectivity index (χ2n) is 5.29. The van der Waals surface area contributed by atoms with Crippen molar-refractivity contribution in [3.63, 3.8) is 0 Å². The number of hydrogen-bond acceptors (Lipinski definition) is 4. The molecule has 0 saturated carbocycles. The summed E-state index contributed by atoms with van der Waals surface area (Å²) in [4.78, 5) is 8.90. The molecule has 2 heterocycles. The van der Waals surface area contributed by atoms with E-state index in [1.165, 1.54) is 12.1 Å². The summed E-state index contributed by atoms with van der Waals surface area (Å²) in [5.74, 6) is -0.291. The molecule has 0 saturated heterocycles. The lowest BCUT2D eigenvalue weighted by atomic mass is 10.1. The van der Waals surface area contributed by atoms with Gasteiger partial charge in [0.2, 0.25) is 6.41 Å². The first-order valence-corrected chi connectivity index (χ1v) is 8.22. The third-order valence-corrected chi connectivity index (χ3v) is 3.66. The summed E-state index contributed by atoms with van der Waals surface area (Å²) in [5, 5.41) is 0. The van der Waals surface area contributed by atoms with E-state index in [1.54, 1.807) is 24.7 Å². The molecule has 3 rings (SSSR count). The van der Waals surface area contributed by atoms with E-state index in [2.05, 4.69) is 9.97 Å². The van der Waals surface area contributed by atoms with Crippen molar-refractivity contribution in [2.45, 2.75) is 20.3 Å². The fourth-order valence-corrected chi connectivity index (χ4v) is 2.60. The van der Waals surface area contributed by atoms with Crippen LogP contribution in [0.15, 0.2) is 55.0 Å². The van der Waals surface area contributed by atoms with Gasteiger partial charge in [0.15, 0.2) is 0 Å². The summed E-state index contributed by atoms with van der Waals surface area (Å²) in [6, 6.07) is 11.9.